The van der Waals surface area contributed by atoms with Gasteiger partial charge in [0.25, 0.3) is 0 Å². The van der Waals surface area contributed by atoms with E-state index in [-0.39, 0.29) is 6.61 Å². The molecule has 1 N–H and O–H groups in total. The number of allylic oxidation sites excluding steroid dienone is 8. The largest absolute Gasteiger partial charge is 0.392 e. The number of aliphatic hydroxyl groups excluding tert-OH is 1. The lowest BCUT2D eigenvalue weighted by Gasteiger charge is -2.26. The molecular formula is C28H39NO. The molecule has 0 aliphatic rings. The van der Waals surface area contributed by atoms with Gasteiger partial charge in [0.2, 0.25) is 0 Å². The summed E-state index contributed by atoms with van der Waals surface area (Å²) >= 11 is 0. The number of aliphatic hydroxyl groups is 1. The Labute approximate surface area is 184 Å². The Morgan fingerprint density at radius 2 is 1.53 bits per heavy atom. The number of aliphatic imine (C=N–C) groups is 1. The van der Waals surface area contributed by atoms with E-state index in [4.69, 9.17) is 0 Å². The molecule has 0 radical (unpaired) electrons. The summed E-state index contributed by atoms with van der Waals surface area (Å²) in [5.74, 6) is 0. The molecule has 0 atom stereocenters. The maximum atomic E-state index is 10.3. The highest BCUT2D eigenvalue weighted by Crippen LogP contribution is 2.44. The van der Waals surface area contributed by atoms with Crippen LogP contribution in [-0.2, 0) is 13.0 Å². The average molecular weight is 406 g/mol. The Bertz CT molecular complexity index is 977. The number of rotatable bonds is 8. The first-order valence-electron chi connectivity index (χ1n) is 10.6. The first-order valence-corrected chi connectivity index (χ1v) is 10.6. The molecule has 0 heterocycles. The second-order valence-corrected chi connectivity index (χ2v) is 8.21. The smallest absolute Gasteiger partial charge is 0.0736 e. The van der Waals surface area contributed by atoms with Gasteiger partial charge in [0.1, 0.15) is 0 Å². The summed E-state index contributed by atoms with van der Waals surface area (Å²) in [7, 11) is 0. The maximum Gasteiger partial charge on any atom is 0.0736 e. The minimum Gasteiger partial charge on any atom is -0.392 e. The highest BCUT2D eigenvalue weighted by Gasteiger charge is 2.24. The quantitative estimate of drug-likeness (QED) is 0.344. The van der Waals surface area contributed by atoms with Gasteiger partial charge in [-0.3, -0.25) is 4.99 Å². The monoisotopic (exact) mass is 405 g/mol. The van der Waals surface area contributed by atoms with Crippen molar-refractivity contribution in [3.05, 3.63) is 74.9 Å². The molecular weight excluding hydrogens is 366 g/mol. The fourth-order valence-electron chi connectivity index (χ4n) is 4.13. The molecule has 0 fully saturated rings. The lowest BCUT2D eigenvalue weighted by molar-refractivity contribution is 0.280. The van der Waals surface area contributed by atoms with Gasteiger partial charge < -0.3 is 5.11 Å². The van der Waals surface area contributed by atoms with E-state index in [2.05, 4.69) is 86.3 Å². The molecule has 0 bridgehead atoms. The summed E-state index contributed by atoms with van der Waals surface area (Å²) in [6.45, 7) is 31.4. The van der Waals surface area contributed by atoms with Gasteiger partial charge in [0, 0.05) is 5.56 Å². The SMILES string of the molecule is C=Nc1c(C)c(C(=C)/C(C(C)=C(C)C)=C(C)\C(C)=C/C)c(CC)c(CO)c1C(=C)C. The van der Waals surface area contributed by atoms with Crippen molar-refractivity contribution in [2.45, 2.75) is 75.3 Å². The Hall–Kier alpha value is -2.45. The molecule has 0 amide bonds. The molecule has 30 heavy (non-hydrogen) atoms. The Morgan fingerprint density at radius 3 is 1.90 bits per heavy atom. The fraction of sp³-hybridized carbons (Fsp3) is 0.393. The van der Waals surface area contributed by atoms with Crippen LogP contribution in [0.4, 0.5) is 5.69 Å². The molecule has 0 aromatic heterocycles. The van der Waals surface area contributed by atoms with E-state index in [0.29, 0.717) is 0 Å². The minimum absolute atomic E-state index is 0.0675. The minimum atomic E-state index is -0.0675. The van der Waals surface area contributed by atoms with Crippen molar-refractivity contribution < 1.29 is 5.11 Å². The first kappa shape index (κ1) is 25.6. The zero-order valence-corrected chi connectivity index (χ0v) is 20.5. The molecule has 2 nitrogen and oxygen atoms in total. The van der Waals surface area contributed by atoms with Gasteiger partial charge in [-0.1, -0.05) is 37.3 Å². The van der Waals surface area contributed by atoms with Crippen molar-refractivity contribution in [3.8, 4) is 0 Å². The van der Waals surface area contributed by atoms with Crippen molar-refractivity contribution in [3.63, 3.8) is 0 Å². The topological polar surface area (TPSA) is 32.6 Å². The van der Waals surface area contributed by atoms with E-state index < -0.39 is 0 Å². The van der Waals surface area contributed by atoms with E-state index in [0.717, 1.165) is 56.6 Å². The molecule has 162 valence electrons. The van der Waals surface area contributed by atoms with Crippen molar-refractivity contribution in [2.24, 2.45) is 4.99 Å². The summed E-state index contributed by atoms with van der Waals surface area (Å²) in [6, 6.07) is 0. The van der Waals surface area contributed by atoms with Crippen LogP contribution in [0.15, 0.2) is 52.1 Å². The number of hydrogen-bond acceptors (Lipinski definition) is 2. The van der Waals surface area contributed by atoms with Crippen LogP contribution < -0.4 is 0 Å². The van der Waals surface area contributed by atoms with Gasteiger partial charge >= 0.3 is 0 Å². The van der Waals surface area contributed by atoms with Crippen molar-refractivity contribution in [2.75, 3.05) is 0 Å². The van der Waals surface area contributed by atoms with Gasteiger partial charge in [-0.25, -0.2) is 0 Å². The van der Waals surface area contributed by atoms with E-state index in [9.17, 15) is 5.11 Å². The number of hydrogen-bond donors (Lipinski definition) is 1. The molecule has 0 unspecified atom stereocenters. The second-order valence-electron chi connectivity index (χ2n) is 8.21. The predicted octanol–water partition coefficient (Wildman–Crippen LogP) is 8.07. The fourth-order valence-corrected chi connectivity index (χ4v) is 4.13. The van der Waals surface area contributed by atoms with Crippen LogP contribution in [0.25, 0.3) is 11.1 Å². The Kier molecular flexibility index (Phi) is 8.99. The third-order valence-electron chi connectivity index (χ3n) is 6.16. The molecule has 1 rings (SSSR count). The van der Waals surface area contributed by atoms with Crippen LogP contribution >= 0.6 is 0 Å². The van der Waals surface area contributed by atoms with Crippen LogP contribution in [0.3, 0.4) is 0 Å². The summed E-state index contributed by atoms with van der Waals surface area (Å²) < 4.78 is 0. The van der Waals surface area contributed by atoms with Crippen molar-refractivity contribution in [1.82, 2.24) is 0 Å². The molecule has 1 aromatic carbocycles. The molecule has 0 aliphatic carbocycles. The predicted molar refractivity (Wildman–Crippen MR) is 136 cm³/mol. The van der Waals surface area contributed by atoms with Gasteiger partial charge in [-0.2, -0.15) is 0 Å². The molecule has 0 aliphatic heterocycles. The number of nitrogens with zero attached hydrogens (tertiary/aromatic N) is 1. The van der Waals surface area contributed by atoms with Gasteiger partial charge in [-0.15, -0.1) is 0 Å². The van der Waals surface area contributed by atoms with Crippen LogP contribution in [-0.4, -0.2) is 11.8 Å². The Morgan fingerprint density at radius 1 is 0.967 bits per heavy atom. The molecule has 0 saturated carbocycles. The van der Waals surface area contributed by atoms with Crippen LogP contribution in [0.5, 0.6) is 0 Å². The van der Waals surface area contributed by atoms with Crippen molar-refractivity contribution in [1.29, 1.82) is 0 Å². The molecule has 0 spiro atoms. The van der Waals surface area contributed by atoms with E-state index in [1.165, 1.54) is 22.3 Å². The van der Waals surface area contributed by atoms with Crippen molar-refractivity contribution >= 4 is 23.6 Å². The summed E-state index contributed by atoms with van der Waals surface area (Å²) in [6.07, 6.45) is 2.92. The van der Waals surface area contributed by atoms with Crippen LogP contribution in [0.1, 0.15) is 83.2 Å². The summed E-state index contributed by atoms with van der Waals surface area (Å²) in [5, 5.41) is 10.3. The maximum absolute atomic E-state index is 10.3. The van der Waals surface area contributed by atoms with Gasteiger partial charge in [-0.05, 0) is 119 Å². The highest BCUT2D eigenvalue weighted by atomic mass is 16.3. The second kappa shape index (κ2) is 10.5. The zero-order chi connectivity index (χ0) is 23.3. The Balaban J connectivity index is 4.21. The molecule has 0 saturated heterocycles. The normalized spacial score (nSPS) is 12.4. The lowest BCUT2D eigenvalue weighted by atomic mass is 9.79. The first-order chi connectivity index (χ1) is 14.0. The summed E-state index contributed by atoms with van der Waals surface area (Å²) in [5.41, 5.74) is 13.7. The van der Waals surface area contributed by atoms with E-state index in [1.807, 2.05) is 6.92 Å². The molecule has 2 heteroatoms. The zero-order valence-electron chi connectivity index (χ0n) is 20.5. The van der Waals surface area contributed by atoms with Crippen LogP contribution in [0, 0.1) is 6.92 Å². The van der Waals surface area contributed by atoms with Gasteiger partial charge in [0.15, 0.2) is 0 Å². The lowest BCUT2D eigenvalue weighted by Crippen LogP contribution is -2.09. The number of benzene rings is 1. The van der Waals surface area contributed by atoms with E-state index >= 15 is 0 Å². The third-order valence-corrected chi connectivity index (χ3v) is 6.16. The highest BCUT2D eigenvalue weighted by molar-refractivity contribution is 5.92. The standard InChI is InChI=1S/C28H39NO/c1-13-18(7)20(9)26(19(8)16(3)4)21(10)27-22(11)28(29-12)25(17(5)6)24(15-30)23(27)14-2/h13,30H,5,10,12,14-15H2,1-4,6-9,11H3/b18-13-,26-20-. The van der Waals surface area contributed by atoms with Gasteiger partial charge in [0.05, 0.1) is 12.3 Å². The summed E-state index contributed by atoms with van der Waals surface area (Å²) in [4.78, 5) is 4.35. The van der Waals surface area contributed by atoms with Crippen LogP contribution in [0.2, 0.25) is 0 Å². The third kappa shape index (κ3) is 4.65. The average Bonchev–Trinajstić information content (AvgIpc) is 2.71. The van der Waals surface area contributed by atoms with E-state index in [1.54, 1.807) is 0 Å². The molecule has 1 aromatic rings.